The van der Waals surface area contributed by atoms with Gasteiger partial charge in [-0.25, -0.2) is 4.57 Å². The van der Waals surface area contributed by atoms with Crippen molar-refractivity contribution in [2.45, 2.75) is 217 Å². The van der Waals surface area contributed by atoms with E-state index in [0.717, 1.165) is 70.6 Å². The van der Waals surface area contributed by atoms with Gasteiger partial charge >= 0.3 is 19.8 Å². The number of rotatable bonds is 36. The highest BCUT2D eigenvalue weighted by atomic mass is 31.2. The molecule has 0 aromatic heterocycles. The van der Waals surface area contributed by atoms with Crippen LogP contribution in [0, 0.1) is 0 Å². The summed E-state index contributed by atoms with van der Waals surface area (Å²) in [7, 11) is -5.11. The van der Waals surface area contributed by atoms with Gasteiger partial charge in [0.2, 0.25) is 0 Å². The van der Waals surface area contributed by atoms with Crippen molar-refractivity contribution in [1.82, 2.24) is 0 Å². The van der Waals surface area contributed by atoms with Gasteiger partial charge < -0.3 is 39.9 Å². The topological polar surface area (TPSA) is 210 Å². The van der Waals surface area contributed by atoms with E-state index in [1.54, 1.807) is 0 Å². The highest BCUT2D eigenvalue weighted by Gasteiger charge is 2.51. The number of esters is 2. The summed E-state index contributed by atoms with van der Waals surface area (Å²) in [5, 5.41) is 50.0. The van der Waals surface area contributed by atoms with E-state index < -0.39 is 75.7 Å². The zero-order valence-corrected chi connectivity index (χ0v) is 35.2. The third-order valence-electron chi connectivity index (χ3n) is 10.2. The van der Waals surface area contributed by atoms with Gasteiger partial charge in [0.05, 0.1) is 6.61 Å². The van der Waals surface area contributed by atoms with Crippen molar-refractivity contribution in [2.75, 3.05) is 13.2 Å². The second kappa shape index (κ2) is 33.2. The third-order valence-corrected chi connectivity index (χ3v) is 11.1. The number of unbranched alkanes of at least 4 members (excludes halogenated alkanes) is 21. The molecule has 13 nitrogen and oxygen atoms in total. The van der Waals surface area contributed by atoms with Crippen LogP contribution < -0.4 is 0 Å². The smallest absolute Gasteiger partial charge is 0.462 e. The molecule has 1 rings (SSSR count). The van der Waals surface area contributed by atoms with Crippen molar-refractivity contribution >= 4 is 19.8 Å². The number of hydrogen-bond donors (Lipinski definition) is 6. The Balaban J connectivity index is 2.48. The molecule has 6 N–H and O–H groups in total. The SMILES string of the molecule is C=CCCCCCCCCCCCCCCCC(=O)O[C@H](COC(=O)CCCCCCC/C=C/CCCCC)COP(=O)(O)OC1C(O)C(O)C(O)[C@H](O)C1O. The largest absolute Gasteiger partial charge is 0.472 e. The molecule has 0 amide bonds. The summed E-state index contributed by atoms with van der Waals surface area (Å²) < 4.78 is 33.4. The minimum absolute atomic E-state index is 0.0950. The van der Waals surface area contributed by atoms with Gasteiger partial charge in [-0.1, -0.05) is 128 Å². The maximum Gasteiger partial charge on any atom is 0.472 e. The highest BCUT2D eigenvalue weighted by molar-refractivity contribution is 7.47. The lowest BCUT2D eigenvalue weighted by atomic mass is 9.85. The Morgan fingerprint density at radius 1 is 0.589 bits per heavy atom. The maximum absolute atomic E-state index is 12.8. The molecule has 1 aliphatic carbocycles. The predicted molar refractivity (Wildman–Crippen MR) is 217 cm³/mol. The first-order valence-corrected chi connectivity index (χ1v) is 23.1. The maximum atomic E-state index is 12.8. The molecule has 14 heteroatoms. The molecular formula is C42H77O13P. The first-order valence-electron chi connectivity index (χ1n) is 21.6. The number of allylic oxidation sites excluding steroid dienone is 3. The van der Waals surface area contributed by atoms with Crippen LogP contribution in [-0.2, 0) is 32.7 Å². The summed E-state index contributed by atoms with van der Waals surface area (Å²) >= 11 is 0. The Bertz CT molecular complexity index is 1070. The van der Waals surface area contributed by atoms with E-state index in [2.05, 4.69) is 25.7 Å². The van der Waals surface area contributed by atoms with Crippen molar-refractivity contribution in [1.29, 1.82) is 0 Å². The Morgan fingerprint density at radius 3 is 1.48 bits per heavy atom. The third kappa shape index (κ3) is 25.6. The second-order valence-electron chi connectivity index (χ2n) is 15.3. The average Bonchev–Trinajstić information content (AvgIpc) is 3.18. The monoisotopic (exact) mass is 821 g/mol. The zero-order valence-electron chi connectivity index (χ0n) is 34.3. The lowest BCUT2D eigenvalue weighted by Gasteiger charge is -2.41. The molecule has 0 aromatic rings. The Hall–Kier alpha value is -1.67. The number of carbonyl (C=O) groups is 2. The number of hydrogen-bond acceptors (Lipinski definition) is 12. The lowest BCUT2D eigenvalue weighted by Crippen LogP contribution is -2.64. The van der Waals surface area contributed by atoms with Gasteiger partial charge in [-0.2, -0.15) is 0 Å². The number of aliphatic hydroxyl groups excluding tert-OH is 5. The van der Waals surface area contributed by atoms with E-state index in [1.807, 2.05) is 6.08 Å². The van der Waals surface area contributed by atoms with Gasteiger partial charge in [-0.15, -0.1) is 6.58 Å². The summed E-state index contributed by atoms with van der Waals surface area (Å²) in [5.41, 5.74) is 0. The van der Waals surface area contributed by atoms with Crippen LogP contribution >= 0.6 is 7.82 Å². The van der Waals surface area contributed by atoms with E-state index in [-0.39, 0.29) is 12.8 Å². The predicted octanol–water partition coefficient (Wildman–Crippen LogP) is 7.67. The van der Waals surface area contributed by atoms with E-state index in [0.29, 0.717) is 12.8 Å². The first kappa shape index (κ1) is 52.3. The molecule has 0 aliphatic heterocycles. The van der Waals surface area contributed by atoms with Crippen LogP contribution in [0.25, 0.3) is 0 Å². The summed E-state index contributed by atoms with van der Waals surface area (Å²) in [6.45, 7) is 4.78. The summed E-state index contributed by atoms with van der Waals surface area (Å²) in [4.78, 5) is 35.6. The number of phosphoric acid groups is 1. The fourth-order valence-electron chi connectivity index (χ4n) is 6.61. The summed E-state index contributed by atoms with van der Waals surface area (Å²) in [6, 6.07) is 0. The van der Waals surface area contributed by atoms with E-state index in [1.165, 1.54) is 70.6 Å². The molecule has 6 unspecified atom stereocenters. The van der Waals surface area contributed by atoms with Gasteiger partial charge in [-0.3, -0.25) is 18.6 Å². The molecule has 1 saturated carbocycles. The minimum atomic E-state index is -5.11. The molecular weight excluding hydrogens is 743 g/mol. The van der Waals surface area contributed by atoms with Crippen molar-refractivity contribution in [3.05, 3.63) is 24.8 Å². The Morgan fingerprint density at radius 2 is 1.00 bits per heavy atom. The molecule has 0 spiro atoms. The number of carbonyl (C=O) groups excluding carboxylic acids is 2. The van der Waals surface area contributed by atoms with Crippen molar-refractivity contribution in [3.8, 4) is 0 Å². The number of aliphatic hydroxyl groups is 5. The van der Waals surface area contributed by atoms with Gasteiger partial charge in [-0.05, 0) is 51.4 Å². The van der Waals surface area contributed by atoms with Crippen molar-refractivity contribution in [2.24, 2.45) is 0 Å². The molecule has 0 saturated heterocycles. The first-order chi connectivity index (χ1) is 26.9. The molecule has 1 fully saturated rings. The van der Waals surface area contributed by atoms with Crippen LogP contribution in [0.4, 0.5) is 0 Å². The Labute approximate surface area is 336 Å². The van der Waals surface area contributed by atoms with Crippen LogP contribution in [-0.4, -0.2) is 98.3 Å². The normalized spacial score (nSPS) is 22.8. The fourth-order valence-corrected chi connectivity index (χ4v) is 7.59. The van der Waals surface area contributed by atoms with E-state index in [9.17, 15) is 44.6 Å². The summed E-state index contributed by atoms with van der Waals surface area (Å²) in [5.74, 6) is -1.11. The molecule has 0 aromatic carbocycles. The van der Waals surface area contributed by atoms with E-state index >= 15 is 0 Å². The van der Waals surface area contributed by atoms with Crippen LogP contribution in [0.15, 0.2) is 24.8 Å². The van der Waals surface area contributed by atoms with Crippen LogP contribution in [0.3, 0.4) is 0 Å². The lowest BCUT2D eigenvalue weighted by molar-refractivity contribution is -0.220. The molecule has 56 heavy (non-hydrogen) atoms. The van der Waals surface area contributed by atoms with Crippen LogP contribution in [0.1, 0.15) is 174 Å². The number of ether oxygens (including phenoxy) is 2. The average molecular weight is 821 g/mol. The number of phosphoric ester groups is 1. The van der Waals surface area contributed by atoms with Gasteiger partial charge in [0.1, 0.15) is 43.2 Å². The molecule has 0 bridgehead atoms. The molecule has 0 heterocycles. The van der Waals surface area contributed by atoms with Crippen LogP contribution in [0.2, 0.25) is 0 Å². The summed E-state index contributed by atoms with van der Waals surface area (Å²) in [6.07, 6.45) is 19.9. The van der Waals surface area contributed by atoms with Crippen molar-refractivity contribution < 1.29 is 63.1 Å². The standard InChI is InChI=1S/C42H77O13P/c1-3-5-7-9-11-13-15-17-18-19-21-23-25-27-29-31-36(44)54-34(32-52-35(43)30-28-26-24-22-20-16-14-12-10-8-6-4-2)33-53-56(50,51)55-42-40(48)38(46)37(45)39(47)41(42)49/h3,12,14,34,37-42,45-49H,1,4-11,13,15-33H2,2H3,(H,50,51)/b14-12+/t34-,37?,38+,39?,40?,41?,42?/m1/s1. The van der Waals surface area contributed by atoms with Gasteiger partial charge in [0.15, 0.2) is 6.10 Å². The molecule has 328 valence electrons. The quantitative estimate of drug-likeness (QED) is 0.0155. The molecule has 8 atom stereocenters. The zero-order chi connectivity index (χ0) is 41.4. The Kier molecular flexibility index (Phi) is 31.0. The minimum Gasteiger partial charge on any atom is -0.462 e. The van der Waals surface area contributed by atoms with E-state index in [4.69, 9.17) is 18.5 Å². The van der Waals surface area contributed by atoms with Gasteiger partial charge in [0.25, 0.3) is 0 Å². The second-order valence-corrected chi connectivity index (χ2v) is 16.7. The van der Waals surface area contributed by atoms with Gasteiger partial charge in [0, 0.05) is 12.8 Å². The van der Waals surface area contributed by atoms with Crippen molar-refractivity contribution in [3.63, 3.8) is 0 Å². The molecule has 0 radical (unpaired) electrons. The highest BCUT2D eigenvalue weighted by Crippen LogP contribution is 2.47. The fraction of sp³-hybridized carbons (Fsp3) is 0.857. The van der Waals surface area contributed by atoms with Crippen LogP contribution in [0.5, 0.6) is 0 Å². The molecule has 1 aliphatic rings.